The molecule has 24 heavy (non-hydrogen) atoms. The van der Waals surface area contributed by atoms with E-state index in [0.717, 1.165) is 30.6 Å². The van der Waals surface area contributed by atoms with Gasteiger partial charge in [-0.3, -0.25) is 9.48 Å². The molecule has 0 radical (unpaired) electrons. The van der Waals surface area contributed by atoms with Gasteiger partial charge in [-0.25, -0.2) is 4.98 Å². The monoisotopic (exact) mass is 400 g/mol. The maximum absolute atomic E-state index is 12.5. The highest BCUT2D eigenvalue weighted by Gasteiger charge is 2.18. The maximum Gasteiger partial charge on any atom is 0.256 e. The summed E-state index contributed by atoms with van der Waals surface area (Å²) in [4.78, 5) is 18.0. The van der Waals surface area contributed by atoms with Crippen LogP contribution in [0, 0.1) is 6.92 Å². The predicted octanol–water partition coefficient (Wildman–Crippen LogP) is 4.51. The molecule has 0 unspecified atom stereocenters. The summed E-state index contributed by atoms with van der Waals surface area (Å²) in [7, 11) is 1.88. The molecule has 1 aromatic carbocycles. The van der Waals surface area contributed by atoms with Crippen molar-refractivity contribution in [3.05, 3.63) is 52.1 Å². The highest BCUT2D eigenvalue weighted by Crippen LogP contribution is 2.37. The molecule has 5 nitrogen and oxygen atoms in total. The van der Waals surface area contributed by atoms with Gasteiger partial charge in [-0.15, -0.1) is 11.3 Å². The highest BCUT2D eigenvalue weighted by atomic mass is 79.9. The van der Waals surface area contributed by atoms with Crippen molar-refractivity contribution in [3.8, 4) is 0 Å². The molecular formula is C17H13BrN4OS. The van der Waals surface area contributed by atoms with Crippen LogP contribution in [-0.2, 0) is 7.05 Å². The Kier molecular flexibility index (Phi) is 3.62. The lowest BCUT2D eigenvalue weighted by Crippen LogP contribution is -2.12. The van der Waals surface area contributed by atoms with Gasteiger partial charge in [-0.2, -0.15) is 5.10 Å². The van der Waals surface area contributed by atoms with Gasteiger partial charge in [-0.05, 0) is 43.3 Å². The van der Waals surface area contributed by atoms with Crippen molar-refractivity contribution in [3.63, 3.8) is 0 Å². The van der Waals surface area contributed by atoms with Gasteiger partial charge < -0.3 is 5.32 Å². The van der Waals surface area contributed by atoms with E-state index in [4.69, 9.17) is 0 Å². The number of halogens is 1. The zero-order valence-electron chi connectivity index (χ0n) is 13.0. The quantitative estimate of drug-likeness (QED) is 0.538. The molecule has 0 spiro atoms. The van der Waals surface area contributed by atoms with Gasteiger partial charge in [0.1, 0.15) is 4.83 Å². The van der Waals surface area contributed by atoms with Gasteiger partial charge in [0.2, 0.25) is 0 Å². The number of amides is 1. The summed E-state index contributed by atoms with van der Waals surface area (Å²) in [5, 5.41) is 8.43. The lowest BCUT2D eigenvalue weighted by Gasteiger charge is -2.02. The number of thiophene rings is 1. The largest absolute Gasteiger partial charge is 0.304 e. The average molecular weight is 401 g/mol. The Hall–Kier alpha value is -2.25. The molecule has 1 N–H and O–H groups in total. The first-order chi connectivity index (χ1) is 11.5. The van der Waals surface area contributed by atoms with E-state index in [2.05, 4.69) is 37.4 Å². The van der Waals surface area contributed by atoms with Gasteiger partial charge in [0.15, 0.2) is 5.82 Å². The Labute approximate surface area is 150 Å². The van der Waals surface area contributed by atoms with E-state index in [0.29, 0.717) is 11.4 Å². The van der Waals surface area contributed by atoms with Crippen molar-refractivity contribution in [1.82, 2.24) is 14.8 Å². The SMILES string of the molecule is Cc1ccc2c(n1)sc1c(NC(=O)c3ccc(Br)cc3)nn(C)c12. The van der Waals surface area contributed by atoms with Gasteiger partial charge in [0, 0.05) is 28.2 Å². The van der Waals surface area contributed by atoms with Crippen LogP contribution in [0.5, 0.6) is 0 Å². The Balaban J connectivity index is 1.78. The number of rotatable bonds is 2. The Morgan fingerprint density at radius 1 is 1.21 bits per heavy atom. The summed E-state index contributed by atoms with van der Waals surface area (Å²) in [5.41, 5.74) is 2.56. The first kappa shape index (κ1) is 15.3. The van der Waals surface area contributed by atoms with E-state index in [9.17, 15) is 4.79 Å². The number of nitrogens with zero attached hydrogens (tertiary/aromatic N) is 3. The van der Waals surface area contributed by atoms with Gasteiger partial charge in [0.05, 0.1) is 10.2 Å². The summed E-state index contributed by atoms with van der Waals surface area (Å²) in [5.74, 6) is 0.394. The standard InChI is InChI=1S/C17H13BrN4OS/c1-9-3-8-12-13-14(24-17(12)19-9)15(21-22(13)2)20-16(23)10-4-6-11(18)7-5-10/h3-8H,1-2H3,(H,20,21,23). The minimum absolute atomic E-state index is 0.177. The molecule has 0 saturated carbocycles. The fourth-order valence-electron chi connectivity index (χ4n) is 2.65. The summed E-state index contributed by atoms with van der Waals surface area (Å²) < 4.78 is 3.67. The van der Waals surface area contributed by atoms with Crippen LogP contribution < -0.4 is 5.32 Å². The van der Waals surface area contributed by atoms with Crippen LogP contribution in [-0.4, -0.2) is 20.7 Å². The van der Waals surface area contributed by atoms with Crippen LogP contribution in [0.3, 0.4) is 0 Å². The maximum atomic E-state index is 12.5. The first-order valence-electron chi connectivity index (χ1n) is 7.33. The van der Waals surface area contributed by atoms with E-state index in [-0.39, 0.29) is 5.91 Å². The molecule has 0 aliphatic heterocycles. The number of aromatic nitrogens is 3. The molecule has 0 saturated heterocycles. The topological polar surface area (TPSA) is 59.8 Å². The van der Waals surface area contributed by atoms with Crippen molar-refractivity contribution in [2.24, 2.45) is 7.05 Å². The lowest BCUT2D eigenvalue weighted by molar-refractivity contribution is 0.102. The van der Waals surface area contributed by atoms with Crippen molar-refractivity contribution in [2.75, 3.05) is 5.32 Å². The Bertz CT molecular complexity index is 1080. The smallest absolute Gasteiger partial charge is 0.256 e. The van der Waals surface area contributed by atoms with Gasteiger partial charge in [0.25, 0.3) is 5.91 Å². The molecule has 4 rings (SSSR count). The van der Waals surface area contributed by atoms with E-state index in [1.807, 2.05) is 32.2 Å². The van der Waals surface area contributed by atoms with Crippen LogP contribution in [0.1, 0.15) is 16.1 Å². The molecule has 0 bridgehead atoms. The number of carbonyl (C=O) groups is 1. The molecule has 0 atom stereocenters. The number of fused-ring (bicyclic) bond motifs is 3. The zero-order valence-corrected chi connectivity index (χ0v) is 15.4. The Morgan fingerprint density at radius 2 is 1.96 bits per heavy atom. The van der Waals surface area contributed by atoms with E-state index < -0.39 is 0 Å². The lowest BCUT2D eigenvalue weighted by atomic mass is 10.2. The number of benzene rings is 1. The van der Waals surface area contributed by atoms with Crippen LogP contribution in [0.15, 0.2) is 40.9 Å². The van der Waals surface area contributed by atoms with Crippen molar-refractivity contribution >= 4 is 59.4 Å². The third kappa shape index (κ3) is 2.50. The number of aryl methyl sites for hydroxylation is 2. The second-order valence-electron chi connectivity index (χ2n) is 5.52. The minimum Gasteiger partial charge on any atom is -0.304 e. The number of anilines is 1. The zero-order chi connectivity index (χ0) is 16.8. The van der Waals surface area contributed by atoms with Crippen LogP contribution in [0.2, 0.25) is 0 Å². The molecule has 4 aromatic rings. The van der Waals surface area contributed by atoms with Crippen LogP contribution in [0.4, 0.5) is 5.82 Å². The summed E-state index contributed by atoms with van der Waals surface area (Å²) in [6.45, 7) is 1.97. The molecule has 0 aliphatic carbocycles. The number of hydrogen-bond donors (Lipinski definition) is 1. The van der Waals surface area contributed by atoms with Crippen LogP contribution in [0.25, 0.3) is 20.4 Å². The molecule has 3 aromatic heterocycles. The van der Waals surface area contributed by atoms with E-state index >= 15 is 0 Å². The normalized spacial score (nSPS) is 11.3. The van der Waals surface area contributed by atoms with E-state index in [1.165, 1.54) is 0 Å². The molecule has 0 fully saturated rings. The van der Waals surface area contributed by atoms with Crippen molar-refractivity contribution < 1.29 is 4.79 Å². The molecule has 3 heterocycles. The third-order valence-electron chi connectivity index (χ3n) is 3.80. The summed E-state index contributed by atoms with van der Waals surface area (Å²) in [6.07, 6.45) is 0. The average Bonchev–Trinajstić information content (AvgIpc) is 3.06. The van der Waals surface area contributed by atoms with Crippen LogP contribution >= 0.6 is 27.3 Å². The third-order valence-corrected chi connectivity index (χ3v) is 5.42. The number of hydrogen-bond acceptors (Lipinski definition) is 4. The first-order valence-corrected chi connectivity index (χ1v) is 8.93. The van der Waals surface area contributed by atoms with Gasteiger partial charge >= 0.3 is 0 Å². The molecule has 1 amide bonds. The second-order valence-corrected chi connectivity index (χ2v) is 7.43. The van der Waals surface area contributed by atoms with Crippen molar-refractivity contribution in [1.29, 1.82) is 0 Å². The Morgan fingerprint density at radius 3 is 2.71 bits per heavy atom. The summed E-state index contributed by atoms with van der Waals surface area (Å²) in [6, 6.07) is 11.3. The summed E-state index contributed by atoms with van der Waals surface area (Å²) >= 11 is 4.92. The molecule has 0 aliphatic rings. The fourth-order valence-corrected chi connectivity index (χ4v) is 4.10. The van der Waals surface area contributed by atoms with E-state index in [1.54, 1.807) is 28.2 Å². The molecule has 7 heteroatoms. The predicted molar refractivity (Wildman–Crippen MR) is 101 cm³/mol. The number of carbonyl (C=O) groups excluding carboxylic acids is 1. The molecular weight excluding hydrogens is 388 g/mol. The van der Waals surface area contributed by atoms with Crippen molar-refractivity contribution in [2.45, 2.75) is 6.92 Å². The number of pyridine rings is 1. The second kappa shape index (κ2) is 5.68. The fraction of sp³-hybridized carbons (Fsp3) is 0.118. The molecule has 120 valence electrons. The van der Waals surface area contributed by atoms with Gasteiger partial charge in [-0.1, -0.05) is 15.9 Å². The minimum atomic E-state index is -0.177. The number of nitrogens with one attached hydrogen (secondary N) is 1. The highest BCUT2D eigenvalue weighted by molar-refractivity contribution is 9.10.